The van der Waals surface area contributed by atoms with E-state index in [4.69, 9.17) is 9.84 Å². The van der Waals surface area contributed by atoms with Gasteiger partial charge in [-0.3, -0.25) is 0 Å². The number of piperidine rings is 1. The van der Waals surface area contributed by atoms with Gasteiger partial charge in [0.05, 0.1) is 18.8 Å². The molecule has 1 aromatic heterocycles. The Morgan fingerprint density at radius 1 is 1.30 bits per heavy atom. The molecule has 0 unspecified atom stereocenters. The number of ether oxygens (including phenoxy) is 1. The molecule has 0 atom stereocenters. The molecule has 0 aliphatic carbocycles. The van der Waals surface area contributed by atoms with Gasteiger partial charge in [-0.15, -0.1) is 5.10 Å². The normalized spacial score (nSPS) is 16.4. The molecule has 7 nitrogen and oxygen atoms in total. The molecule has 0 radical (unpaired) electrons. The van der Waals surface area contributed by atoms with Gasteiger partial charge in [0.15, 0.2) is 5.69 Å². The minimum atomic E-state index is -1.03. The first-order chi connectivity index (χ1) is 9.72. The van der Waals surface area contributed by atoms with Gasteiger partial charge in [0.2, 0.25) is 0 Å². The number of nitrogens with zero attached hydrogens (tertiary/aromatic N) is 4. The van der Waals surface area contributed by atoms with Gasteiger partial charge in [-0.25, -0.2) is 9.48 Å². The molecule has 0 bridgehead atoms. The molecule has 0 aromatic carbocycles. The summed E-state index contributed by atoms with van der Waals surface area (Å²) in [7, 11) is 1.60. The Hall–Kier alpha value is -1.47. The Bertz CT molecular complexity index is 441. The predicted molar refractivity (Wildman–Crippen MR) is 72.9 cm³/mol. The summed E-state index contributed by atoms with van der Waals surface area (Å²) in [5.41, 5.74) is 0.692. The van der Waals surface area contributed by atoms with Crippen LogP contribution in [0.1, 0.15) is 35.4 Å². The third kappa shape index (κ3) is 3.77. The van der Waals surface area contributed by atoms with Crippen molar-refractivity contribution in [1.29, 1.82) is 0 Å². The third-order valence-corrected chi connectivity index (χ3v) is 3.66. The van der Waals surface area contributed by atoms with Gasteiger partial charge in [0, 0.05) is 20.1 Å². The Balaban J connectivity index is 2.00. The van der Waals surface area contributed by atoms with Crippen LogP contribution < -0.4 is 0 Å². The van der Waals surface area contributed by atoms with Crippen molar-refractivity contribution in [3.8, 4) is 0 Å². The molecule has 7 heteroatoms. The zero-order valence-corrected chi connectivity index (χ0v) is 11.9. The average molecular weight is 282 g/mol. The van der Waals surface area contributed by atoms with E-state index >= 15 is 0 Å². The van der Waals surface area contributed by atoms with Gasteiger partial charge < -0.3 is 14.7 Å². The first-order valence-corrected chi connectivity index (χ1v) is 7.09. The van der Waals surface area contributed by atoms with E-state index in [-0.39, 0.29) is 5.69 Å². The number of likely N-dealkylation sites (tertiary alicyclic amines) is 1. The Labute approximate surface area is 118 Å². The predicted octanol–water partition coefficient (Wildman–Crippen LogP) is 0.651. The van der Waals surface area contributed by atoms with Crippen LogP contribution in [0.5, 0.6) is 0 Å². The van der Waals surface area contributed by atoms with Crippen LogP contribution in [0.4, 0.5) is 0 Å². The molecule has 2 heterocycles. The Morgan fingerprint density at radius 3 is 2.70 bits per heavy atom. The van der Waals surface area contributed by atoms with Crippen molar-refractivity contribution >= 4 is 5.97 Å². The summed E-state index contributed by atoms with van der Waals surface area (Å²) in [6.45, 7) is 4.28. The molecular weight excluding hydrogens is 260 g/mol. The third-order valence-electron chi connectivity index (χ3n) is 3.66. The Kier molecular flexibility index (Phi) is 5.49. The summed E-state index contributed by atoms with van der Waals surface area (Å²) in [4.78, 5) is 13.5. The molecule has 2 rings (SSSR count). The zero-order valence-electron chi connectivity index (χ0n) is 11.9. The number of carboxylic acid groups (broad SMARTS) is 1. The van der Waals surface area contributed by atoms with Crippen LogP contribution in [0.15, 0.2) is 0 Å². The maximum Gasteiger partial charge on any atom is 0.358 e. The fourth-order valence-electron chi connectivity index (χ4n) is 2.54. The van der Waals surface area contributed by atoms with Crippen molar-refractivity contribution in [3.63, 3.8) is 0 Å². The summed E-state index contributed by atoms with van der Waals surface area (Å²) in [6.07, 6.45) is 4.32. The van der Waals surface area contributed by atoms with Gasteiger partial charge in [0.1, 0.15) is 0 Å². The van der Waals surface area contributed by atoms with E-state index in [0.29, 0.717) is 25.3 Å². The first kappa shape index (κ1) is 14.9. The highest BCUT2D eigenvalue weighted by molar-refractivity contribution is 5.86. The van der Waals surface area contributed by atoms with Gasteiger partial charge in [0.25, 0.3) is 0 Å². The molecule has 1 saturated heterocycles. The monoisotopic (exact) mass is 282 g/mol. The fraction of sp³-hybridized carbons (Fsp3) is 0.769. The van der Waals surface area contributed by atoms with Crippen molar-refractivity contribution < 1.29 is 14.6 Å². The van der Waals surface area contributed by atoms with Gasteiger partial charge in [-0.05, 0) is 25.9 Å². The number of aromatic nitrogens is 3. The van der Waals surface area contributed by atoms with Gasteiger partial charge in [-0.1, -0.05) is 11.6 Å². The largest absolute Gasteiger partial charge is 0.476 e. The van der Waals surface area contributed by atoms with E-state index in [2.05, 4.69) is 15.2 Å². The van der Waals surface area contributed by atoms with Crippen LogP contribution in [0.3, 0.4) is 0 Å². The zero-order chi connectivity index (χ0) is 14.4. The molecule has 1 aliphatic heterocycles. The summed E-state index contributed by atoms with van der Waals surface area (Å²) >= 11 is 0. The van der Waals surface area contributed by atoms with E-state index < -0.39 is 5.97 Å². The lowest BCUT2D eigenvalue weighted by Gasteiger charge is -2.26. The summed E-state index contributed by atoms with van der Waals surface area (Å²) < 4.78 is 6.73. The average Bonchev–Trinajstić information content (AvgIpc) is 2.87. The highest BCUT2D eigenvalue weighted by atomic mass is 16.5. The van der Waals surface area contributed by atoms with Crippen LogP contribution in [0.2, 0.25) is 0 Å². The molecule has 1 aromatic rings. The Morgan fingerprint density at radius 2 is 2.05 bits per heavy atom. The molecular formula is C13H22N4O3. The lowest BCUT2D eigenvalue weighted by atomic mass is 10.1. The number of carboxylic acids is 1. The fourth-order valence-corrected chi connectivity index (χ4v) is 2.54. The molecule has 1 N–H and O–H groups in total. The van der Waals surface area contributed by atoms with E-state index in [9.17, 15) is 4.79 Å². The lowest BCUT2D eigenvalue weighted by molar-refractivity contribution is 0.0688. The van der Waals surface area contributed by atoms with Crippen molar-refractivity contribution in [3.05, 3.63) is 11.4 Å². The van der Waals surface area contributed by atoms with E-state index in [0.717, 1.165) is 19.6 Å². The van der Waals surface area contributed by atoms with Gasteiger partial charge >= 0.3 is 5.97 Å². The SMILES string of the molecule is COCCc1c(C(=O)O)nnn1CCN1CCCCC1. The number of aromatic carboxylic acids is 1. The standard InChI is InChI=1S/C13H22N4O3/c1-20-10-5-11-12(13(18)19)14-15-17(11)9-8-16-6-3-2-4-7-16/h2-10H2,1H3,(H,18,19). The number of carbonyl (C=O) groups is 1. The first-order valence-electron chi connectivity index (χ1n) is 7.09. The van der Waals surface area contributed by atoms with E-state index in [1.165, 1.54) is 19.3 Å². The molecule has 20 heavy (non-hydrogen) atoms. The van der Waals surface area contributed by atoms with Crippen LogP contribution in [0.25, 0.3) is 0 Å². The number of hydrogen-bond acceptors (Lipinski definition) is 5. The molecule has 0 amide bonds. The maximum atomic E-state index is 11.1. The molecule has 112 valence electrons. The van der Waals surface area contributed by atoms with Crippen molar-refractivity contribution in [2.75, 3.05) is 33.4 Å². The highest BCUT2D eigenvalue weighted by Gasteiger charge is 2.19. The number of rotatable bonds is 7. The smallest absolute Gasteiger partial charge is 0.358 e. The second-order valence-electron chi connectivity index (χ2n) is 5.06. The van der Waals surface area contributed by atoms with E-state index in [1.54, 1.807) is 11.8 Å². The second-order valence-corrected chi connectivity index (χ2v) is 5.06. The summed E-state index contributed by atoms with van der Waals surface area (Å²) in [5, 5.41) is 16.9. The number of hydrogen-bond donors (Lipinski definition) is 1. The van der Waals surface area contributed by atoms with Crippen LogP contribution in [-0.2, 0) is 17.7 Å². The van der Waals surface area contributed by atoms with Crippen LogP contribution in [0, 0.1) is 0 Å². The van der Waals surface area contributed by atoms with Crippen molar-refractivity contribution in [1.82, 2.24) is 19.9 Å². The number of methoxy groups -OCH3 is 1. The topological polar surface area (TPSA) is 80.5 Å². The summed E-state index contributed by atoms with van der Waals surface area (Å²) in [6, 6.07) is 0. The summed E-state index contributed by atoms with van der Waals surface area (Å²) in [5.74, 6) is -1.03. The lowest BCUT2D eigenvalue weighted by Crippen LogP contribution is -2.33. The van der Waals surface area contributed by atoms with Crippen LogP contribution in [-0.4, -0.2) is 64.3 Å². The maximum absolute atomic E-state index is 11.1. The van der Waals surface area contributed by atoms with E-state index in [1.807, 2.05) is 0 Å². The molecule has 1 fully saturated rings. The molecule has 1 aliphatic rings. The molecule has 0 spiro atoms. The minimum absolute atomic E-state index is 0.0423. The minimum Gasteiger partial charge on any atom is -0.476 e. The van der Waals surface area contributed by atoms with Crippen molar-refractivity contribution in [2.45, 2.75) is 32.2 Å². The van der Waals surface area contributed by atoms with Gasteiger partial charge in [-0.2, -0.15) is 0 Å². The quantitative estimate of drug-likeness (QED) is 0.791. The second kappa shape index (κ2) is 7.35. The highest BCUT2D eigenvalue weighted by Crippen LogP contribution is 2.10. The van der Waals surface area contributed by atoms with Crippen molar-refractivity contribution in [2.24, 2.45) is 0 Å². The molecule has 0 saturated carbocycles. The van der Waals surface area contributed by atoms with Crippen LogP contribution >= 0.6 is 0 Å².